The number of rotatable bonds is 7. The molecule has 0 atom stereocenters. The van der Waals surface area contributed by atoms with E-state index in [4.69, 9.17) is 11.6 Å². The summed E-state index contributed by atoms with van der Waals surface area (Å²) in [6.07, 6.45) is 0. The molecule has 0 saturated carbocycles. The van der Waals surface area contributed by atoms with E-state index in [-0.39, 0.29) is 25.2 Å². The van der Waals surface area contributed by atoms with E-state index in [0.717, 1.165) is 22.0 Å². The quantitative estimate of drug-likeness (QED) is 0.776. The predicted molar refractivity (Wildman–Crippen MR) is 99.1 cm³/mol. The molecule has 2 rings (SSSR count). The minimum absolute atomic E-state index is 0.0751. The zero-order valence-corrected chi connectivity index (χ0v) is 16.1. The van der Waals surface area contributed by atoms with Crippen LogP contribution in [0, 0.1) is 5.82 Å². The van der Waals surface area contributed by atoms with Gasteiger partial charge in [0, 0.05) is 30.2 Å². The Kier molecular flexibility index (Phi) is 6.75. The molecule has 0 aliphatic carbocycles. The molecule has 0 aliphatic heterocycles. The lowest BCUT2D eigenvalue weighted by molar-refractivity contribution is 0.0950. The molecule has 1 N–H and O–H groups in total. The predicted octanol–water partition coefficient (Wildman–Crippen LogP) is 3.44. The van der Waals surface area contributed by atoms with E-state index in [1.165, 1.54) is 6.07 Å². The summed E-state index contributed by atoms with van der Waals surface area (Å²) >= 11 is 5.81. The van der Waals surface area contributed by atoms with E-state index >= 15 is 0 Å². The van der Waals surface area contributed by atoms with Gasteiger partial charge in [0.2, 0.25) is 10.0 Å². The molecule has 0 aromatic heterocycles. The summed E-state index contributed by atoms with van der Waals surface area (Å²) in [6.45, 7) is 4.01. The van der Waals surface area contributed by atoms with Crippen LogP contribution < -0.4 is 5.32 Å². The maximum Gasteiger partial charge on any atom is 0.251 e. The summed E-state index contributed by atoms with van der Waals surface area (Å²) in [5.41, 5.74) is 0.909. The largest absolute Gasteiger partial charge is 0.348 e. The van der Waals surface area contributed by atoms with Gasteiger partial charge in [-0.3, -0.25) is 4.79 Å². The van der Waals surface area contributed by atoms with E-state index in [1.54, 1.807) is 38.1 Å². The number of hydrogen-bond donors (Lipinski definition) is 1. The van der Waals surface area contributed by atoms with Gasteiger partial charge in [0.05, 0.1) is 0 Å². The first kappa shape index (κ1) is 20.4. The molecule has 0 heterocycles. The van der Waals surface area contributed by atoms with Crippen molar-refractivity contribution in [2.75, 3.05) is 13.1 Å². The second-order valence-electron chi connectivity index (χ2n) is 5.54. The minimum Gasteiger partial charge on any atom is -0.348 e. The van der Waals surface area contributed by atoms with Crippen molar-refractivity contribution in [1.29, 1.82) is 0 Å². The van der Waals surface area contributed by atoms with Gasteiger partial charge in [-0.05, 0) is 35.9 Å². The van der Waals surface area contributed by atoms with Crippen LogP contribution in [-0.2, 0) is 16.6 Å². The van der Waals surface area contributed by atoms with E-state index in [2.05, 4.69) is 5.32 Å². The van der Waals surface area contributed by atoms with Gasteiger partial charge >= 0.3 is 0 Å². The van der Waals surface area contributed by atoms with Crippen molar-refractivity contribution in [1.82, 2.24) is 9.62 Å². The van der Waals surface area contributed by atoms with Gasteiger partial charge in [0.15, 0.2) is 0 Å². The van der Waals surface area contributed by atoms with E-state index in [1.807, 2.05) is 0 Å². The van der Waals surface area contributed by atoms with Crippen LogP contribution in [0.5, 0.6) is 0 Å². The molecule has 140 valence electrons. The zero-order valence-electron chi connectivity index (χ0n) is 14.5. The molecule has 0 saturated heterocycles. The first-order valence-corrected chi connectivity index (χ1v) is 9.93. The summed E-state index contributed by atoms with van der Waals surface area (Å²) in [7, 11) is -4.00. The normalized spacial score (nSPS) is 11.6. The van der Waals surface area contributed by atoms with Crippen molar-refractivity contribution in [2.24, 2.45) is 0 Å². The van der Waals surface area contributed by atoms with Crippen LogP contribution in [-0.4, -0.2) is 31.7 Å². The molecule has 0 bridgehead atoms. The number of carbonyl (C=O) groups is 1. The highest BCUT2D eigenvalue weighted by molar-refractivity contribution is 7.89. The number of sulfonamides is 1. The highest BCUT2D eigenvalue weighted by Gasteiger charge is 2.26. The lowest BCUT2D eigenvalue weighted by Crippen LogP contribution is -2.31. The third kappa shape index (κ3) is 4.60. The SMILES string of the molecule is CCN(CC)S(=O)(=O)c1cc(C(=O)NCc2ccc(Cl)cc2)ccc1F. The molecule has 2 aromatic carbocycles. The summed E-state index contributed by atoms with van der Waals surface area (Å²) in [6, 6.07) is 10.3. The van der Waals surface area contributed by atoms with Gasteiger partial charge < -0.3 is 5.32 Å². The molecule has 26 heavy (non-hydrogen) atoms. The minimum atomic E-state index is -4.00. The molecule has 2 aromatic rings. The molecular weight excluding hydrogens is 379 g/mol. The second kappa shape index (κ2) is 8.62. The van der Waals surface area contributed by atoms with Gasteiger partial charge in [-0.15, -0.1) is 0 Å². The highest BCUT2D eigenvalue weighted by Crippen LogP contribution is 2.21. The Morgan fingerprint density at radius 1 is 1.12 bits per heavy atom. The standard InChI is InChI=1S/C18H20ClFN2O3S/c1-3-22(4-2)26(24,25)17-11-14(7-10-16(17)20)18(23)21-12-13-5-8-15(19)9-6-13/h5-11H,3-4,12H2,1-2H3,(H,21,23). The van der Waals surface area contributed by atoms with E-state index in [9.17, 15) is 17.6 Å². The topological polar surface area (TPSA) is 66.5 Å². The Balaban J connectivity index is 2.22. The maximum atomic E-state index is 14.1. The fraction of sp³-hybridized carbons (Fsp3) is 0.278. The summed E-state index contributed by atoms with van der Waals surface area (Å²) in [5, 5.41) is 3.26. The smallest absolute Gasteiger partial charge is 0.251 e. The number of benzene rings is 2. The lowest BCUT2D eigenvalue weighted by atomic mass is 10.2. The average molecular weight is 399 g/mol. The Hall–Kier alpha value is -1.96. The maximum absolute atomic E-state index is 14.1. The van der Waals surface area contributed by atoms with Crippen LogP contribution in [0.3, 0.4) is 0 Å². The van der Waals surface area contributed by atoms with Crippen molar-refractivity contribution >= 4 is 27.5 Å². The third-order valence-electron chi connectivity index (χ3n) is 3.88. The van der Waals surface area contributed by atoms with Gasteiger partial charge in [-0.25, -0.2) is 12.8 Å². The fourth-order valence-electron chi connectivity index (χ4n) is 2.43. The molecule has 0 radical (unpaired) electrons. The van der Waals surface area contributed by atoms with Crippen LogP contribution in [0.15, 0.2) is 47.4 Å². The Morgan fingerprint density at radius 3 is 2.31 bits per heavy atom. The highest BCUT2D eigenvalue weighted by atomic mass is 35.5. The van der Waals surface area contributed by atoms with Crippen LogP contribution in [0.2, 0.25) is 5.02 Å². The first-order chi connectivity index (χ1) is 12.3. The van der Waals surface area contributed by atoms with Crippen LogP contribution in [0.4, 0.5) is 4.39 Å². The molecule has 8 heteroatoms. The molecule has 0 spiro atoms. The van der Waals surface area contributed by atoms with Crippen LogP contribution >= 0.6 is 11.6 Å². The van der Waals surface area contributed by atoms with Crippen molar-refractivity contribution in [3.05, 3.63) is 64.4 Å². The van der Waals surface area contributed by atoms with Gasteiger partial charge in [-0.2, -0.15) is 4.31 Å². The van der Waals surface area contributed by atoms with E-state index in [0.29, 0.717) is 5.02 Å². The molecular formula is C18H20ClFN2O3S. The molecule has 0 aliphatic rings. The summed E-state index contributed by atoms with van der Waals surface area (Å²) < 4.78 is 40.3. The Bertz CT molecular complexity index is 882. The number of nitrogens with zero attached hydrogens (tertiary/aromatic N) is 1. The number of hydrogen-bond acceptors (Lipinski definition) is 3. The number of nitrogens with one attached hydrogen (secondary N) is 1. The monoisotopic (exact) mass is 398 g/mol. The lowest BCUT2D eigenvalue weighted by Gasteiger charge is -2.19. The van der Waals surface area contributed by atoms with Gasteiger partial charge in [0.25, 0.3) is 5.91 Å². The zero-order chi connectivity index (χ0) is 19.3. The van der Waals surface area contributed by atoms with Crippen LogP contribution in [0.1, 0.15) is 29.8 Å². The molecule has 1 amide bonds. The molecule has 0 fully saturated rings. The van der Waals surface area contributed by atoms with Crippen molar-refractivity contribution < 1.29 is 17.6 Å². The number of halogens is 2. The summed E-state index contributed by atoms with van der Waals surface area (Å²) in [4.78, 5) is 11.8. The molecule has 0 unspecified atom stereocenters. The fourth-order valence-corrected chi connectivity index (χ4v) is 4.11. The summed E-state index contributed by atoms with van der Waals surface area (Å²) in [5.74, 6) is -1.37. The van der Waals surface area contributed by atoms with Crippen molar-refractivity contribution in [3.8, 4) is 0 Å². The van der Waals surface area contributed by atoms with Crippen molar-refractivity contribution in [2.45, 2.75) is 25.3 Å². The van der Waals surface area contributed by atoms with Gasteiger partial charge in [0.1, 0.15) is 10.7 Å². The Morgan fingerprint density at radius 2 is 1.73 bits per heavy atom. The van der Waals surface area contributed by atoms with E-state index < -0.39 is 26.6 Å². The first-order valence-electron chi connectivity index (χ1n) is 8.12. The van der Waals surface area contributed by atoms with Crippen molar-refractivity contribution in [3.63, 3.8) is 0 Å². The third-order valence-corrected chi connectivity index (χ3v) is 6.20. The Labute approximate surface area is 157 Å². The number of carbonyl (C=O) groups excluding carboxylic acids is 1. The van der Waals surface area contributed by atoms with Crippen LogP contribution in [0.25, 0.3) is 0 Å². The number of amides is 1. The molecule has 5 nitrogen and oxygen atoms in total. The second-order valence-corrected chi connectivity index (χ2v) is 7.89. The average Bonchev–Trinajstić information content (AvgIpc) is 2.62. The van der Waals surface area contributed by atoms with Gasteiger partial charge in [-0.1, -0.05) is 37.6 Å².